The van der Waals surface area contributed by atoms with Crippen LogP contribution in [0.15, 0.2) is 53.1 Å². The van der Waals surface area contributed by atoms with Crippen LogP contribution in [0.1, 0.15) is 10.6 Å². The van der Waals surface area contributed by atoms with E-state index in [1.807, 2.05) is 42.5 Å². The van der Waals surface area contributed by atoms with Gasteiger partial charge in [-0.25, -0.2) is 4.98 Å². The molecule has 0 aliphatic heterocycles. The van der Waals surface area contributed by atoms with E-state index in [2.05, 4.69) is 10.3 Å². The third kappa shape index (κ3) is 3.35. The summed E-state index contributed by atoms with van der Waals surface area (Å²) in [6, 6.07) is 13.2. The second-order valence-electron chi connectivity index (χ2n) is 4.64. The number of carboxylic acids is 1. The molecule has 0 spiro atoms. The van der Waals surface area contributed by atoms with Crippen molar-refractivity contribution >= 4 is 22.4 Å². The van der Waals surface area contributed by atoms with Crippen LogP contribution in [0.2, 0.25) is 0 Å². The highest BCUT2D eigenvalue weighted by Crippen LogP contribution is 2.31. The Morgan fingerprint density at radius 1 is 1.23 bits per heavy atom. The second kappa shape index (κ2) is 6.44. The lowest BCUT2D eigenvalue weighted by molar-refractivity contribution is -0.304. The van der Waals surface area contributed by atoms with Gasteiger partial charge >= 0.3 is 0 Å². The average molecular weight is 313 g/mol. The lowest BCUT2D eigenvalue weighted by Gasteiger charge is -2.02. The largest absolute Gasteiger partial charge is 0.550 e. The lowest BCUT2D eigenvalue weighted by atomic mass is 10.1. The number of aromatic nitrogens is 1. The molecule has 1 N–H and O–H groups in total. The Bertz CT molecular complexity index is 751. The molecule has 2 heterocycles. The van der Waals surface area contributed by atoms with E-state index in [0.717, 1.165) is 11.3 Å². The molecular formula is C16H13N2O3S-. The lowest BCUT2D eigenvalue weighted by Crippen LogP contribution is -2.24. The quantitative estimate of drug-likeness (QED) is 0.755. The fourth-order valence-electron chi connectivity index (χ4n) is 2.08. The summed E-state index contributed by atoms with van der Waals surface area (Å²) in [4.78, 5) is 16.1. The molecule has 6 heteroatoms. The molecule has 0 saturated carbocycles. The molecule has 22 heavy (non-hydrogen) atoms. The minimum Gasteiger partial charge on any atom is -0.550 e. The Balaban J connectivity index is 1.85. The van der Waals surface area contributed by atoms with Crippen LogP contribution in [0.25, 0.3) is 11.3 Å². The van der Waals surface area contributed by atoms with Crippen molar-refractivity contribution < 1.29 is 14.3 Å². The molecule has 0 amide bonds. The van der Waals surface area contributed by atoms with Crippen molar-refractivity contribution in [3.05, 3.63) is 59.4 Å². The molecule has 0 aliphatic rings. The summed E-state index contributed by atoms with van der Waals surface area (Å²) >= 11 is 1.32. The predicted molar refractivity (Wildman–Crippen MR) is 82.3 cm³/mol. The molecule has 0 atom stereocenters. The number of carbonyl (C=O) groups excluding carboxylic acids is 1. The van der Waals surface area contributed by atoms with Gasteiger partial charge in [-0.3, -0.25) is 0 Å². The number of carbonyl (C=O) groups is 1. The van der Waals surface area contributed by atoms with Gasteiger partial charge in [0.1, 0.15) is 5.76 Å². The molecule has 3 aromatic rings. The first-order chi connectivity index (χ1) is 10.7. The zero-order valence-electron chi connectivity index (χ0n) is 11.6. The molecule has 0 radical (unpaired) electrons. The molecule has 0 aliphatic carbocycles. The number of rotatable bonds is 6. The summed E-state index contributed by atoms with van der Waals surface area (Å²) in [5, 5.41) is 14.7. The number of hydrogen-bond donors (Lipinski definition) is 1. The van der Waals surface area contributed by atoms with Crippen LogP contribution in [0.3, 0.4) is 0 Å². The topological polar surface area (TPSA) is 78.2 Å². The zero-order chi connectivity index (χ0) is 15.4. The van der Waals surface area contributed by atoms with Gasteiger partial charge in [0.15, 0.2) is 5.13 Å². The molecule has 112 valence electrons. The van der Waals surface area contributed by atoms with E-state index < -0.39 is 5.97 Å². The van der Waals surface area contributed by atoms with Gasteiger partial charge in [-0.05, 0) is 12.1 Å². The van der Waals surface area contributed by atoms with E-state index in [9.17, 15) is 9.90 Å². The number of thiazole rings is 1. The molecule has 2 aromatic heterocycles. The number of aliphatic carboxylic acids is 1. The SMILES string of the molecule is O=C([O-])Cc1sc(NCc2ccco2)nc1-c1ccccc1. The molecule has 5 nitrogen and oxygen atoms in total. The van der Waals surface area contributed by atoms with E-state index in [-0.39, 0.29) is 6.42 Å². The third-order valence-electron chi connectivity index (χ3n) is 3.04. The highest BCUT2D eigenvalue weighted by Gasteiger charge is 2.13. The Kier molecular flexibility index (Phi) is 4.20. The van der Waals surface area contributed by atoms with Crippen LogP contribution < -0.4 is 10.4 Å². The average Bonchev–Trinajstić information content (AvgIpc) is 3.15. The van der Waals surface area contributed by atoms with Gasteiger partial charge < -0.3 is 19.6 Å². The van der Waals surface area contributed by atoms with Crippen molar-refractivity contribution in [2.45, 2.75) is 13.0 Å². The standard InChI is InChI=1S/C16H14N2O3S/c19-14(20)9-13-15(11-5-2-1-3-6-11)18-16(22-13)17-10-12-7-4-8-21-12/h1-8H,9-10H2,(H,17,18)(H,19,20)/p-1. The van der Waals surface area contributed by atoms with Crippen LogP contribution in [-0.2, 0) is 17.8 Å². The number of anilines is 1. The second-order valence-corrected chi connectivity index (χ2v) is 5.72. The highest BCUT2D eigenvalue weighted by atomic mass is 32.1. The summed E-state index contributed by atoms with van der Waals surface area (Å²) in [5.74, 6) is -0.323. The molecule has 0 bridgehead atoms. The van der Waals surface area contributed by atoms with Crippen LogP contribution in [0, 0.1) is 0 Å². The van der Waals surface area contributed by atoms with E-state index in [0.29, 0.717) is 22.2 Å². The third-order valence-corrected chi connectivity index (χ3v) is 4.06. The smallest absolute Gasteiger partial charge is 0.183 e. The van der Waals surface area contributed by atoms with Crippen LogP contribution >= 0.6 is 11.3 Å². The van der Waals surface area contributed by atoms with Crippen LogP contribution in [0.5, 0.6) is 0 Å². The zero-order valence-corrected chi connectivity index (χ0v) is 12.4. The number of benzene rings is 1. The van der Waals surface area contributed by atoms with Gasteiger partial charge in [-0.2, -0.15) is 0 Å². The van der Waals surface area contributed by atoms with Crippen molar-refractivity contribution in [3.8, 4) is 11.3 Å². The minimum absolute atomic E-state index is 0.148. The van der Waals surface area contributed by atoms with E-state index >= 15 is 0 Å². The summed E-state index contributed by atoms with van der Waals surface area (Å²) in [6.07, 6.45) is 1.46. The maximum Gasteiger partial charge on any atom is 0.183 e. The number of furan rings is 1. The summed E-state index contributed by atoms with van der Waals surface area (Å²) < 4.78 is 5.25. The fourth-order valence-corrected chi connectivity index (χ4v) is 3.04. The Labute approximate surface area is 131 Å². The van der Waals surface area contributed by atoms with Crippen molar-refractivity contribution in [2.75, 3.05) is 5.32 Å². The monoisotopic (exact) mass is 313 g/mol. The minimum atomic E-state index is -1.11. The van der Waals surface area contributed by atoms with E-state index in [1.165, 1.54) is 11.3 Å². The van der Waals surface area contributed by atoms with Crippen LogP contribution in [-0.4, -0.2) is 11.0 Å². The van der Waals surface area contributed by atoms with E-state index in [4.69, 9.17) is 4.42 Å². The Hall–Kier alpha value is -2.60. The van der Waals surface area contributed by atoms with Crippen molar-refractivity contribution in [2.24, 2.45) is 0 Å². The van der Waals surface area contributed by atoms with Gasteiger partial charge in [0.25, 0.3) is 0 Å². The molecular weight excluding hydrogens is 300 g/mol. The normalized spacial score (nSPS) is 10.5. The Morgan fingerprint density at radius 3 is 2.73 bits per heavy atom. The van der Waals surface area contributed by atoms with Crippen molar-refractivity contribution in [1.82, 2.24) is 4.98 Å². The fraction of sp³-hybridized carbons (Fsp3) is 0.125. The van der Waals surface area contributed by atoms with E-state index in [1.54, 1.807) is 6.26 Å². The Morgan fingerprint density at radius 2 is 2.05 bits per heavy atom. The number of nitrogens with one attached hydrogen (secondary N) is 1. The number of carboxylic acid groups (broad SMARTS) is 1. The molecule has 0 saturated heterocycles. The van der Waals surface area contributed by atoms with Gasteiger partial charge in [-0.15, -0.1) is 11.3 Å². The van der Waals surface area contributed by atoms with Crippen LogP contribution in [0.4, 0.5) is 5.13 Å². The molecule has 0 unspecified atom stereocenters. The van der Waals surface area contributed by atoms with Crippen molar-refractivity contribution in [1.29, 1.82) is 0 Å². The maximum absolute atomic E-state index is 10.9. The predicted octanol–water partition coefficient (Wildman–Crippen LogP) is 2.31. The first-order valence-electron chi connectivity index (χ1n) is 6.73. The highest BCUT2D eigenvalue weighted by molar-refractivity contribution is 7.16. The van der Waals surface area contributed by atoms with Gasteiger partial charge in [-0.1, -0.05) is 30.3 Å². The maximum atomic E-state index is 10.9. The number of nitrogens with zero attached hydrogens (tertiary/aromatic N) is 1. The number of hydrogen-bond acceptors (Lipinski definition) is 6. The molecule has 1 aromatic carbocycles. The first kappa shape index (κ1) is 14.3. The summed E-state index contributed by atoms with van der Waals surface area (Å²) in [6.45, 7) is 0.500. The molecule has 3 rings (SSSR count). The van der Waals surface area contributed by atoms with Gasteiger partial charge in [0, 0.05) is 22.8 Å². The van der Waals surface area contributed by atoms with Gasteiger partial charge in [0.2, 0.25) is 0 Å². The molecule has 0 fully saturated rings. The van der Waals surface area contributed by atoms with Gasteiger partial charge in [0.05, 0.1) is 18.5 Å². The summed E-state index contributed by atoms with van der Waals surface area (Å²) in [7, 11) is 0. The first-order valence-corrected chi connectivity index (χ1v) is 7.55. The summed E-state index contributed by atoms with van der Waals surface area (Å²) in [5.41, 5.74) is 1.57. The van der Waals surface area contributed by atoms with Crippen molar-refractivity contribution in [3.63, 3.8) is 0 Å².